The smallest absolute Gasteiger partial charge is 0.142 e. The van der Waals surface area contributed by atoms with E-state index >= 15 is 0 Å². The lowest BCUT2D eigenvalue weighted by Crippen LogP contribution is -2.37. The number of H-pyrrole nitrogens is 1. The minimum Gasteiger partial charge on any atom is -0.491 e. The number of hydrogen-bond donors (Lipinski definition) is 2. The first-order chi connectivity index (χ1) is 12.8. The molecule has 4 rings (SSSR count). The van der Waals surface area contributed by atoms with Crippen LogP contribution in [0.25, 0.3) is 22.4 Å². The van der Waals surface area contributed by atoms with Crippen LogP contribution in [0.5, 0.6) is 5.75 Å². The van der Waals surface area contributed by atoms with E-state index < -0.39 is 0 Å². The molecule has 3 N–H and O–H groups in total. The highest BCUT2D eigenvalue weighted by Crippen LogP contribution is 2.28. The molecule has 1 aromatic heterocycles. The van der Waals surface area contributed by atoms with Crippen molar-refractivity contribution in [3.63, 3.8) is 0 Å². The van der Waals surface area contributed by atoms with Crippen LogP contribution < -0.4 is 10.5 Å². The summed E-state index contributed by atoms with van der Waals surface area (Å²) in [5.74, 6) is 1.55. The highest BCUT2D eigenvalue weighted by Gasteiger charge is 2.11. The van der Waals surface area contributed by atoms with Crippen LogP contribution in [0.15, 0.2) is 42.5 Å². The minimum atomic E-state index is 0.634. The second kappa shape index (κ2) is 7.76. The molecule has 2 aromatic carbocycles. The number of aromatic amines is 1. The van der Waals surface area contributed by atoms with Gasteiger partial charge in [-0.2, -0.15) is 0 Å². The molecule has 0 spiro atoms. The monoisotopic (exact) mass is 352 g/mol. The normalized spacial score (nSPS) is 15.4. The number of anilines is 1. The topological polar surface area (TPSA) is 76.4 Å². The zero-order valence-corrected chi connectivity index (χ0v) is 14.8. The van der Waals surface area contributed by atoms with Crippen molar-refractivity contribution in [2.24, 2.45) is 0 Å². The Morgan fingerprint density at radius 1 is 1.15 bits per heavy atom. The molecule has 1 fully saturated rings. The van der Waals surface area contributed by atoms with Gasteiger partial charge in [0, 0.05) is 25.2 Å². The Balaban J connectivity index is 1.36. The van der Waals surface area contributed by atoms with E-state index in [0.717, 1.165) is 67.4 Å². The van der Waals surface area contributed by atoms with Crippen molar-refractivity contribution >= 4 is 16.7 Å². The molecule has 1 aliphatic heterocycles. The first-order valence-corrected chi connectivity index (χ1v) is 9.07. The van der Waals surface area contributed by atoms with Crippen molar-refractivity contribution in [2.45, 2.75) is 6.42 Å². The van der Waals surface area contributed by atoms with Gasteiger partial charge in [0.15, 0.2) is 0 Å². The molecule has 0 bridgehead atoms. The van der Waals surface area contributed by atoms with Gasteiger partial charge in [-0.15, -0.1) is 0 Å². The van der Waals surface area contributed by atoms with Gasteiger partial charge in [0.05, 0.1) is 36.5 Å². The van der Waals surface area contributed by atoms with Crippen molar-refractivity contribution < 1.29 is 9.47 Å². The Bertz CT molecular complexity index is 838. The van der Waals surface area contributed by atoms with E-state index in [9.17, 15) is 0 Å². The third-order valence-electron chi connectivity index (χ3n) is 4.65. The molecule has 26 heavy (non-hydrogen) atoms. The quantitative estimate of drug-likeness (QED) is 0.527. The summed E-state index contributed by atoms with van der Waals surface area (Å²) in [6.45, 7) is 5.36. The predicted octanol–water partition coefficient (Wildman–Crippen LogP) is 2.91. The van der Waals surface area contributed by atoms with E-state index in [2.05, 4.69) is 14.9 Å². The van der Waals surface area contributed by atoms with Crippen molar-refractivity contribution in [2.75, 3.05) is 45.2 Å². The summed E-state index contributed by atoms with van der Waals surface area (Å²) >= 11 is 0. The van der Waals surface area contributed by atoms with Gasteiger partial charge in [-0.05, 0) is 36.8 Å². The molecule has 0 radical (unpaired) electrons. The second-order valence-electron chi connectivity index (χ2n) is 6.51. The third kappa shape index (κ3) is 3.81. The van der Waals surface area contributed by atoms with Crippen molar-refractivity contribution in [1.82, 2.24) is 14.9 Å². The first kappa shape index (κ1) is 16.9. The molecule has 0 saturated carbocycles. The number of nitrogens with one attached hydrogen (secondary N) is 1. The largest absolute Gasteiger partial charge is 0.491 e. The van der Waals surface area contributed by atoms with Crippen LogP contribution in [0.4, 0.5) is 5.69 Å². The fourth-order valence-electron chi connectivity index (χ4n) is 3.21. The average molecular weight is 352 g/mol. The highest BCUT2D eigenvalue weighted by atomic mass is 16.5. The number of rotatable bonds is 6. The Morgan fingerprint density at radius 3 is 2.81 bits per heavy atom. The van der Waals surface area contributed by atoms with Crippen LogP contribution in [0.1, 0.15) is 6.42 Å². The Hall–Kier alpha value is -2.57. The number of fused-ring (bicyclic) bond motifs is 1. The van der Waals surface area contributed by atoms with Gasteiger partial charge in [0.1, 0.15) is 11.6 Å². The lowest BCUT2D eigenvalue weighted by atomic mass is 10.2. The summed E-state index contributed by atoms with van der Waals surface area (Å²) in [6, 6.07) is 13.8. The highest BCUT2D eigenvalue weighted by molar-refractivity contribution is 5.80. The number of imidazole rings is 1. The van der Waals surface area contributed by atoms with Crippen LogP contribution in [0.3, 0.4) is 0 Å². The number of morpholine rings is 1. The molecule has 2 heterocycles. The number of hydrogen-bond acceptors (Lipinski definition) is 5. The molecule has 3 aromatic rings. The standard InChI is InChI=1S/C20H24N4O2/c21-16-14-15(20-22-17-4-1-2-5-18(17)23-20)6-7-19(16)26-11-3-8-24-9-12-25-13-10-24/h1-2,4-7,14H,3,8-13,21H2,(H,22,23). The van der Waals surface area contributed by atoms with Crippen LogP contribution in [-0.4, -0.2) is 54.3 Å². The molecule has 6 heteroatoms. The Morgan fingerprint density at radius 2 is 2.00 bits per heavy atom. The average Bonchev–Trinajstić information content (AvgIpc) is 3.11. The number of nitrogens with zero attached hydrogens (tertiary/aromatic N) is 2. The third-order valence-corrected chi connectivity index (χ3v) is 4.65. The van der Waals surface area contributed by atoms with Gasteiger partial charge in [0.2, 0.25) is 0 Å². The maximum atomic E-state index is 6.18. The van der Waals surface area contributed by atoms with Crippen molar-refractivity contribution in [3.8, 4) is 17.1 Å². The lowest BCUT2D eigenvalue weighted by Gasteiger charge is -2.26. The van der Waals surface area contributed by atoms with Crippen molar-refractivity contribution in [1.29, 1.82) is 0 Å². The molecular formula is C20H24N4O2. The number of para-hydroxylation sites is 2. The van der Waals surface area contributed by atoms with Crippen LogP contribution >= 0.6 is 0 Å². The minimum absolute atomic E-state index is 0.634. The number of ether oxygens (including phenoxy) is 2. The fraction of sp³-hybridized carbons (Fsp3) is 0.350. The summed E-state index contributed by atoms with van der Waals surface area (Å²) in [4.78, 5) is 10.3. The Labute approximate surface area is 152 Å². The number of nitrogen functional groups attached to an aromatic ring is 1. The first-order valence-electron chi connectivity index (χ1n) is 9.07. The van der Waals surface area contributed by atoms with Gasteiger partial charge in [-0.25, -0.2) is 4.98 Å². The van der Waals surface area contributed by atoms with E-state index in [0.29, 0.717) is 12.3 Å². The van der Waals surface area contributed by atoms with E-state index in [-0.39, 0.29) is 0 Å². The van der Waals surface area contributed by atoms with Gasteiger partial charge in [-0.3, -0.25) is 4.90 Å². The second-order valence-corrected chi connectivity index (χ2v) is 6.51. The molecule has 0 unspecified atom stereocenters. The summed E-state index contributed by atoms with van der Waals surface area (Å²) in [6.07, 6.45) is 0.977. The van der Waals surface area contributed by atoms with Gasteiger partial charge >= 0.3 is 0 Å². The predicted molar refractivity (Wildman–Crippen MR) is 103 cm³/mol. The van der Waals surface area contributed by atoms with Crippen molar-refractivity contribution in [3.05, 3.63) is 42.5 Å². The van der Waals surface area contributed by atoms with E-state index in [1.165, 1.54) is 0 Å². The SMILES string of the molecule is Nc1cc(-c2nc3ccccc3[nH]2)ccc1OCCCN1CCOCC1. The Kier molecular flexibility index (Phi) is 5.04. The van der Waals surface area contributed by atoms with E-state index in [1.54, 1.807) is 0 Å². The van der Waals surface area contributed by atoms with Crippen LogP contribution in [0, 0.1) is 0 Å². The molecule has 0 amide bonds. The zero-order chi connectivity index (χ0) is 17.8. The van der Waals surface area contributed by atoms with Gasteiger partial charge in [0.25, 0.3) is 0 Å². The molecule has 1 saturated heterocycles. The molecule has 1 aliphatic rings. The summed E-state index contributed by atoms with van der Waals surface area (Å²) in [5.41, 5.74) is 9.74. The number of aromatic nitrogens is 2. The summed E-state index contributed by atoms with van der Waals surface area (Å²) in [5, 5.41) is 0. The maximum absolute atomic E-state index is 6.18. The number of nitrogens with two attached hydrogens (primary N) is 1. The van der Waals surface area contributed by atoms with Gasteiger partial charge in [-0.1, -0.05) is 12.1 Å². The summed E-state index contributed by atoms with van der Waals surface area (Å²) < 4.78 is 11.2. The molecule has 136 valence electrons. The van der Waals surface area contributed by atoms with Crippen LogP contribution in [0.2, 0.25) is 0 Å². The fourth-order valence-corrected chi connectivity index (χ4v) is 3.21. The molecular weight excluding hydrogens is 328 g/mol. The summed E-state index contributed by atoms with van der Waals surface area (Å²) in [7, 11) is 0. The maximum Gasteiger partial charge on any atom is 0.142 e. The zero-order valence-electron chi connectivity index (χ0n) is 14.8. The molecule has 0 atom stereocenters. The molecule has 6 nitrogen and oxygen atoms in total. The van der Waals surface area contributed by atoms with Gasteiger partial charge < -0.3 is 20.2 Å². The van der Waals surface area contributed by atoms with E-state index in [1.807, 2.05) is 42.5 Å². The number of benzene rings is 2. The van der Waals surface area contributed by atoms with Crippen LogP contribution in [-0.2, 0) is 4.74 Å². The molecule has 0 aliphatic carbocycles. The lowest BCUT2D eigenvalue weighted by molar-refractivity contribution is 0.0358. The van der Waals surface area contributed by atoms with E-state index in [4.69, 9.17) is 15.2 Å².